The highest BCUT2D eigenvalue weighted by atomic mass is 32.2. The van der Waals surface area contributed by atoms with Crippen LogP contribution in [0, 0.1) is 46.5 Å². The number of methoxy groups -OCH3 is 1. The van der Waals surface area contributed by atoms with Gasteiger partial charge in [-0.3, -0.25) is 9.59 Å². The summed E-state index contributed by atoms with van der Waals surface area (Å²) < 4.78 is 59.2. The zero-order chi connectivity index (χ0) is 89.5. The zero-order valence-electron chi connectivity index (χ0n) is 73.6. The van der Waals surface area contributed by atoms with Gasteiger partial charge in [0.05, 0.1) is 48.5 Å². The number of carbonyl (C=O) groups excluding carboxylic acids is 6. The molecule has 0 spiro atoms. The molecular weight excluding hydrogens is 1540 g/mol. The number of ketones is 2. The van der Waals surface area contributed by atoms with Gasteiger partial charge in [0.2, 0.25) is 9.84 Å². The van der Waals surface area contributed by atoms with Crippen LogP contribution in [0.1, 0.15) is 196 Å². The third-order valence-electron chi connectivity index (χ3n) is 18.8. The molecule has 6 aromatic carbocycles. The number of unbranched alkanes of at least 4 members (excludes halogenated alkanes) is 5. The van der Waals surface area contributed by atoms with E-state index in [1.807, 2.05) is 173 Å². The van der Waals surface area contributed by atoms with Gasteiger partial charge in [-0.1, -0.05) is 187 Å². The minimum Gasteiger partial charge on any atom is -0.497 e. The van der Waals surface area contributed by atoms with E-state index >= 15 is 0 Å². The average molecular weight is 1680 g/mol. The monoisotopic (exact) mass is 1670 g/mol. The van der Waals surface area contributed by atoms with Crippen LogP contribution in [-0.4, -0.2) is 134 Å². The highest BCUT2D eigenvalue weighted by Crippen LogP contribution is 2.35. The standard InChI is InChI=1S/C23H35NO4S.C21H23NO2.C20H22O3.C19H13N3.C17H27NO5.7H2/c1-4-7-8-9-10-14-20-28-23(25)22(18-15-19-24(5-2)6-3)29(26,27)21-16-12-11-13-17-21;1-4-7-11-17-24-21(23)20(15-12-16-22(5-2)6-3)18-19-13-9-8-10-14-19;1-20(2,3)16-9-5-14(6-10-16)18(21)13-19(22)15-7-11-17(23-4)12-8-15;1-22-18-10-6-5-9-16(18)17(11-14(12-20)13-21)19(22)15-7-3-2-4-8-15;1-11(2)22-15(19)13(16(20)23-12(3)4)8-9-14-18(7)17(5,6)10-21-14;;;;;;;/h11-13,15-19H,4-10,14,20H2,1-3H3;8-10,12-16H,5-6,18H2,1-3H3;5-12H,13H2,1-4H3;2-11H,1H3;8-9,11-12H,10H2,1-7H3;7*1H/b19-15+,22-18-;16-12+,20-15+;;;14-9-;;;;;;;. The molecule has 0 saturated carbocycles. The molecule has 0 aliphatic carbocycles. The van der Waals surface area contributed by atoms with Crippen molar-refractivity contribution < 1.29 is 75.6 Å². The summed E-state index contributed by atoms with van der Waals surface area (Å²) in [5.74, 6) is 5.90. The van der Waals surface area contributed by atoms with Crippen molar-refractivity contribution in [3.8, 4) is 53.0 Å². The molecule has 1 aliphatic heterocycles. The molecule has 0 atom stereocenters. The fourth-order valence-corrected chi connectivity index (χ4v) is 12.9. The number of sulfone groups is 1. The maximum atomic E-state index is 13.0. The lowest BCUT2D eigenvalue weighted by atomic mass is 9.86. The zero-order valence-corrected chi connectivity index (χ0v) is 74.5. The molecule has 0 N–H and O–H groups in total. The number of aryl methyl sites for hydroxylation is 1. The summed E-state index contributed by atoms with van der Waals surface area (Å²) in [6.07, 6.45) is 23.4. The Bertz CT molecular complexity index is 5080. The Morgan fingerprint density at radius 3 is 1.64 bits per heavy atom. The number of hydrogen-bond acceptors (Lipinski definition) is 19. The Morgan fingerprint density at radius 2 is 1.14 bits per heavy atom. The minimum absolute atomic E-state index is 0. The molecule has 7 aromatic rings. The molecule has 0 bridgehead atoms. The third-order valence-corrected chi connectivity index (χ3v) is 20.6. The maximum absolute atomic E-state index is 13.0. The first-order chi connectivity index (χ1) is 57.8. The van der Waals surface area contributed by atoms with E-state index in [-0.39, 0.29) is 78.7 Å². The van der Waals surface area contributed by atoms with Crippen LogP contribution >= 0.6 is 0 Å². The van der Waals surface area contributed by atoms with Crippen LogP contribution in [0.4, 0.5) is 0 Å². The molecule has 1 aromatic heterocycles. The van der Waals surface area contributed by atoms with E-state index in [1.165, 1.54) is 43.5 Å². The third kappa shape index (κ3) is 34.3. The second-order valence-electron chi connectivity index (χ2n) is 29.9. The Hall–Kier alpha value is -12.7. The number of nitrogens with zero attached hydrogens (tertiary/aromatic N) is 6. The molecule has 2 heterocycles. The molecular formula is C100H134N6O14S. The van der Waals surface area contributed by atoms with Gasteiger partial charge in [0.15, 0.2) is 22.4 Å². The molecule has 21 heteroatoms. The van der Waals surface area contributed by atoms with E-state index in [1.54, 1.807) is 127 Å². The van der Waals surface area contributed by atoms with Crippen LogP contribution in [0.15, 0.2) is 245 Å². The lowest BCUT2D eigenvalue weighted by Gasteiger charge is -2.25. The van der Waals surface area contributed by atoms with E-state index in [0.29, 0.717) is 41.4 Å². The summed E-state index contributed by atoms with van der Waals surface area (Å²) in [5, 5.41) is 19.2. The lowest BCUT2D eigenvalue weighted by Crippen LogP contribution is -2.36. The van der Waals surface area contributed by atoms with Gasteiger partial charge in [-0.05, 0) is 208 Å². The smallest absolute Gasteiger partial charge is 0.350 e. The van der Waals surface area contributed by atoms with Gasteiger partial charge in [-0.2, -0.15) is 10.5 Å². The van der Waals surface area contributed by atoms with Crippen molar-refractivity contribution in [1.82, 2.24) is 19.3 Å². The summed E-state index contributed by atoms with van der Waals surface area (Å²) in [7, 11) is 1.52. The van der Waals surface area contributed by atoms with Crippen molar-refractivity contribution >= 4 is 62.3 Å². The van der Waals surface area contributed by atoms with Crippen molar-refractivity contribution in [2.24, 2.45) is 7.05 Å². The van der Waals surface area contributed by atoms with Crippen molar-refractivity contribution in [3.63, 3.8) is 0 Å². The first kappa shape index (κ1) is 101. The Morgan fingerprint density at radius 1 is 0.628 bits per heavy atom. The number of para-hydroxylation sites is 1. The Kier molecular flexibility index (Phi) is 44.1. The molecule has 654 valence electrons. The van der Waals surface area contributed by atoms with Crippen LogP contribution in [0.25, 0.3) is 28.2 Å². The number of rotatable bonds is 33. The Labute approximate surface area is 728 Å². The first-order valence-electron chi connectivity index (χ1n) is 40.8. The number of ether oxygens (including phenoxy) is 6. The molecule has 0 unspecified atom stereocenters. The fraction of sp³-hybridized carbons (Fsp3) is 0.360. The van der Waals surface area contributed by atoms with E-state index in [2.05, 4.69) is 74.9 Å². The van der Waals surface area contributed by atoms with Crippen molar-refractivity contribution in [1.29, 1.82) is 10.5 Å². The van der Waals surface area contributed by atoms with E-state index in [0.717, 1.165) is 84.3 Å². The molecule has 1 aliphatic rings. The summed E-state index contributed by atoms with van der Waals surface area (Å²) >= 11 is 0. The summed E-state index contributed by atoms with van der Waals surface area (Å²) in [6, 6.07) is 53.9. The number of allylic oxidation sites excluding steroid dienone is 7. The van der Waals surface area contributed by atoms with Crippen LogP contribution in [0.2, 0.25) is 0 Å². The first-order valence-corrected chi connectivity index (χ1v) is 42.3. The number of fused-ring (bicyclic) bond motifs is 1. The topological polar surface area (TPSA) is 254 Å². The number of aromatic nitrogens is 1. The normalized spacial score (nSPS) is 12.4. The highest BCUT2D eigenvalue weighted by Gasteiger charge is 2.34. The molecule has 8 rings (SSSR count). The summed E-state index contributed by atoms with van der Waals surface area (Å²) in [6.45, 7) is 33.5. The summed E-state index contributed by atoms with van der Waals surface area (Å²) in [5.41, 5.74) is 7.73. The van der Waals surface area contributed by atoms with Crippen LogP contribution in [0.5, 0.6) is 5.75 Å². The molecule has 0 amide bonds. The van der Waals surface area contributed by atoms with Crippen molar-refractivity contribution in [2.45, 2.75) is 183 Å². The van der Waals surface area contributed by atoms with Crippen LogP contribution in [-0.2, 0) is 71.6 Å². The average Bonchev–Trinajstić information content (AvgIpc) is 1.61. The lowest BCUT2D eigenvalue weighted by molar-refractivity contribution is -0.151. The number of carbonyl (C=O) groups is 6. The van der Waals surface area contributed by atoms with Crippen molar-refractivity contribution in [3.05, 3.63) is 268 Å². The number of hydrogen-bond donors (Lipinski definition) is 0. The molecule has 121 heavy (non-hydrogen) atoms. The van der Waals surface area contributed by atoms with E-state index < -0.39 is 33.7 Å². The van der Waals surface area contributed by atoms with Gasteiger partial charge in [0.1, 0.15) is 41.7 Å². The number of benzene rings is 6. The molecule has 20 nitrogen and oxygen atoms in total. The summed E-state index contributed by atoms with van der Waals surface area (Å²) in [4.78, 5) is 79.4. The number of likely N-dealkylation sites (N-methyl/N-ethyl adjacent to an activating group) is 1. The number of esters is 4. The minimum atomic E-state index is -3.95. The van der Waals surface area contributed by atoms with Gasteiger partial charge in [0.25, 0.3) is 0 Å². The quantitative estimate of drug-likeness (QED) is 0.00354. The molecule has 1 saturated heterocycles. The van der Waals surface area contributed by atoms with Crippen LogP contribution < -0.4 is 4.74 Å². The van der Waals surface area contributed by atoms with Gasteiger partial charge in [-0.15, -0.1) is 0 Å². The molecule has 1 fully saturated rings. The second kappa shape index (κ2) is 53.0. The van der Waals surface area contributed by atoms with E-state index in [9.17, 15) is 37.2 Å². The van der Waals surface area contributed by atoms with E-state index in [4.69, 9.17) is 38.9 Å². The van der Waals surface area contributed by atoms with Gasteiger partial charge in [0, 0.05) is 95.8 Å². The predicted molar refractivity (Wildman–Crippen MR) is 496 cm³/mol. The molecule has 0 radical (unpaired) electrons. The Balaban J connectivity index is -0.000000743. The van der Waals surface area contributed by atoms with Crippen molar-refractivity contribution in [2.75, 3.05) is 53.6 Å². The predicted octanol–water partition coefficient (Wildman–Crippen LogP) is 21.5. The maximum Gasteiger partial charge on any atom is 0.350 e. The van der Waals surface area contributed by atoms with Gasteiger partial charge >= 0.3 is 23.9 Å². The highest BCUT2D eigenvalue weighted by molar-refractivity contribution is 7.96. The fourth-order valence-electron chi connectivity index (χ4n) is 11.6. The largest absolute Gasteiger partial charge is 0.497 e. The number of nitriles is 2. The number of Topliss-reactive ketones (excluding diaryl/α,β-unsaturated/α-hetero) is 2. The van der Waals surface area contributed by atoms with Gasteiger partial charge in [-0.25, -0.2) is 27.6 Å². The SMILES string of the molecule is CC#CC#COC(=O)/C(=C/C=C/N(CC)CC)Cc1ccccc1.CC(C)OC(=O)C(=C/C=C1\OCC(C)(C)N1C)C(=O)OC(C)C.CCCCCCCCOC(=O)/C(=C/C=C/N(CC)CC)S(=O)(=O)c1ccccc1.COc1ccc(C(=O)CC(=O)c2ccc(C(C)(C)C)cc2)cc1.Cn1c(-c2ccccc2)c(C=C(C#N)C#N)c2ccccc21.[HH].[HH].[HH].[HH].[HH].[HH].[HH]. The second-order valence-corrected chi connectivity index (χ2v) is 31.9. The van der Waals surface area contributed by atoms with Gasteiger partial charge < -0.3 is 47.7 Å². The van der Waals surface area contributed by atoms with Crippen LogP contribution in [0.3, 0.4) is 0 Å².